The summed E-state index contributed by atoms with van der Waals surface area (Å²) in [4.78, 5) is 8.32. The van der Waals surface area contributed by atoms with E-state index in [-0.39, 0.29) is 5.28 Å². The van der Waals surface area contributed by atoms with Gasteiger partial charge in [0.05, 0.1) is 10.9 Å². The Balaban J connectivity index is 2.06. The first kappa shape index (κ1) is 9.85. The van der Waals surface area contributed by atoms with E-state index < -0.39 is 0 Å². The molecule has 3 rings (SSSR count). The summed E-state index contributed by atoms with van der Waals surface area (Å²) < 4.78 is 5.81. The molecule has 1 aliphatic rings. The fraction of sp³-hybridized carbons (Fsp3) is 0.333. The summed E-state index contributed by atoms with van der Waals surface area (Å²) in [7, 11) is 0. The minimum atomic E-state index is 0.244. The van der Waals surface area contributed by atoms with Gasteiger partial charge in [0.2, 0.25) is 11.2 Å². The van der Waals surface area contributed by atoms with E-state index >= 15 is 0 Å². The van der Waals surface area contributed by atoms with Gasteiger partial charge in [0, 0.05) is 0 Å². The smallest absolute Gasteiger partial charge is 0.226 e. The van der Waals surface area contributed by atoms with Crippen molar-refractivity contribution in [2.45, 2.75) is 25.4 Å². The van der Waals surface area contributed by atoms with Crippen LogP contribution in [0, 0.1) is 0 Å². The van der Waals surface area contributed by atoms with Gasteiger partial charge in [-0.3, -0.25) is 0 Å². The molecule has 82 valence electrons. The third kappa shape index (κ3) is 1.71. The van der Waals surface area contributed by atoms with Gasteiger partial charge in [0.15, 0.2) is 0 Å². The number of aromatic nitrogens is 2. The highest BCUT2D eigenvalue weighted by Gasteiger charge is 2.21. The van der Waals surface area contributed by atoms with Crippen LogP contribution in [-0.2, 0) is 0 Å². The highest BCUT2D eigenvalue weighted by Crippen LogP contribution is 2.29. The molecule has 0 amide bonds. The zero-order valence-electron chi connectivity index (χ0n) is 8.69. The van der Waals surface area contributed by atoms with Crippen LogP contribution in [-0.4, -0.2) is 16.1 Å². The molecule has 1 aliphatic carbocycles. The number of benzene rings is 1. The van der Waals surface area contributed by atoms with Gasteiger partial charge >= 0.3 is 0 Å². The summed E-state index contributed by atoms with van der Waals surface area (Å²) in [5.41, 5.74) is 0.830. The molecule has 0 atom stereocenters. The maximum absolute atomic E-state index is 5.87. The lowest BCUT2D eigenvalue weighted by Gasteiger charge is -2.26. The second kappa shape index (κ2) is 3.91. The number of ether oxygens (including phenoxy) is 1. The van der Waals surface area contributed by atoms with E-state index in [9.17, 15) is 0 Å². The number of hydrogen-bond donors (Lipinski definition) is 0. The van der Waals surface area contributed by atoms with Crippen molar-refractivity contribution in [3.05, 3.63) is 29.5 Å². The van der Waals surface area contributed by atoms with Crippen LogP contribution >= 0.6 is 11.6 Å². The van der Waals surface area contributed by atoms with Crippen molar-refractivity contribution >= 4 is 22.5 Å². The monoisotopic (exact) mass is 234 g/mol. The lowest BCUT2D eigenvalue weighted by atomic mass is 9.96. The van der Waals surface area contributed by atoms with Crippen molar-refractivity contribution in [1.82, 2.24) is 9.97 Å². The number of rotatable bonds is 2. The summed E-state index contributed by atoms with van der Waals surface area (Å²) in [5, 5.41) is 1.17. The average Bonchev–Trinajstić information content (AvgIpc) is 2.23. The molecule has 0 aliphatic heterocycles. The molecule has 0 saturated heterocycles. The second-order valence-electron chi connectivity index (χ2n) is 3.99. The van der Waals surface area contributed by atoms with E-state index in [1.807, 2.05) is 24.3 Å². The standard InChI is InChI=1S/C12H11ClN2O/c13-12-14-10-7-2-1-6-9(10)11(15-12)16-8-4-3-5-8/h1-2,6-8H,3-5H2. The largest absolute Gasteiger partial charge is 0.474 e. The fourth-order valence-corrected chi connectivity index (χ4v) is 1.92. The fourth-order valence-electron chi connectivity index (χ4n) is 1.76. The van der Waals surface area contributed by atoms with Gasteiger partial charge in [-0.2, -0.15) is 4.98 Å². The first-order chi connectivity index (χ1) is 7.83. The maximum Gasteiger partial charge on any atom is 0.226 e. The molecule has 3 nitrogen and oxygen atoms in total. The predicted molar refractivity (Wildman–Crippen MR) is 62.8 cm³/mol. The normalized spacial score (nSPS) is 16.1. The minimum Gasteiger partial charge on any atom is -0.474 e. The molecule has 0 N–H and O–H groups in total. The Labute approximate surface area is 98.4 Å². The first-order valence-corrected chi connectivity index (χ1v) is 5.80. The number of para-hydroxylation sites is 1. The lowest BCUT2D eigenvalue weighted by molar-refractivity contribution is 0.116. The van der Waals surface area contributed by atoms with Crippen LogP contribution in [0.15, 0.2) is 24.3 Å². The van der Waals surface area contributed by atoms with Gasteiger partial charge < -0.3 is 4.74 Å². The SMILES string of the molecule is Clc1nc(OC2CCC2)c2ccccc2n1. The van der Waals surface area contributed by atoms with E-state index in [2.05, 4.69) is 9.97 Å². The van der Waals surface area contributed by atoms with E-state index in [0.717, 1.165) is 23.7 Å². The van der Waals surface area contributed by atoms with Crippen LogP contribution < -0.4 is 4.74 Å². The molecule has 0 bridgehead atoms. The van der Waals surface area contributed by atoms with Crippen LogP contribution in [0.2, 0.25) is 5.28 Å². The first-order valence-electron chi connectivity index (χ1n) is 5.42. The Morgan fingerprint density at radius 2 is 2.00 bits per heavy atom. The van der Waals surface area contributed by atoms with Crippen LogP contribution in [0.25, 0.3) is 10.9 Å². The Morgan fingerprint density at radius 3 is 2.75 bits per heavy atom. The zero-order chi connectivity index (χ0) is 11.0. The van der Waals surface area contributed by atoms with Crippen molar-refractivity contribution in [1.29, 1.82) is 0 Å². The second-order valence-corrected chi connectivity index (χ2v) is 4.32. The number of halogens is 1. The summed E-state index contributed by atoms with van der Waals surface area (Å²) in [6.45, 7) is 0. The molecule has 1 aromatic heterocycles. The Morgan fingerprint density at radius 1 is 1.19 bits per heavy atom. The average molecular weight is 235 g/mol. The summed E-state index contributed by atoms with van der Waals surface area (Å²) in [6, 6.07) is 7.75. The van der Waals surface area contributed by atoms with Gasteiger partial charge in [-0.15, -0.1) is 0 Å². The maximum atomic E-state index is 5.87. The van der Waals surface area contributed by atoms with E-state index in [1.54, 1.807) is 0 Å². The molecule has 2 aromatic rings. The molecule has 1 fully saturated rings. The highest BCUT2D eigenvalue weighted by atomic mass is 35.5. The van der Waals surface area contributed by atoms with Gasteiger partial charge in [-0.05, 0) is 43.0 Å². The molecule has 0 unspecified atom stereocenters. The Kier molecular flexibility index (Phi) is 2.40. The van der Waals surface area contributed by atoms with Crippen LogP contribution in [0.1, 0.15) is 19.3 Å². The van der Waals surface area contributed by atoms with Gasteiger partial charge in [-0.25, -0.2) is 4.98 Å². The topological polar surface area (TPSA) is 35.0 Å². The molecule has 1 saturated carbocycles. The quantitative estimate of drug-likeness (QED) is 0.749. The Hall–Kier alpha value is -1.35. The number of nitrogens with zero attached hydrogens (tertiary/aromatic N) is 2. The van der Waals surface area contributed by atoms with Crippen molar-refractivity contribution < 1.29 is 4.74 Å². The number of fused-ring (bicyclic) bond motifs is 1. The molecular weight excluding hydrogens is 224 g/mol. The molecular formula is C12H11ClN2O. The third-order valence-corrected chi connectivity index (χ3v) is 3.04. The summed E-state index contributed by atoms with van der Waals surface area (Å²) in [6.07, 6.45) is 3.75. The van der Waals surface area contributed by atoms with E-state index in [0.29, 0.717) is 12.0 Å². The van der Waals surface area contributed by atoms with Gasteiger partial charge in [-0.1, -0.05) is 12.1 Å². The number of hydrogen-bond acceptors (Lipinski definition) is 3. The Bertz CT molecular complexity index is 525. The van der Waals surface area contributed by atoms with Crippen molar-refractivity contribution in [2.24, 2.45) is 0 Å². The molecule has 0 spiro atoms. The van der Waals surface area contributed by atoms with Crippen LogP contribution in [0.3, 0.4) is 0 Å². The third-order valence-electron chi connectivity index (χ3n) is 2.87. The van der Waals surface area contributed by atoms with Crippen molar-refractivity contribution in [3.63, 3.8) is 0 Å². The molecule has 16 heavy (non-hydrogen) atoms. The predicted octanol–water partition coefficient (Wildman–Crippen LogP) is 3.21. The van der Waals surface area contributed by atoms with Crippen LogP contribution in [0.5, 0.6) is 5.88 Å². The molecule has 0 radical (unpaired) electrons. The lowest BCUT2D eigenvalue weighted by Crippen LogP contribution is -2.25. The van der Waals surface area contributed by atoms with Gasteiger partial charge in [0.25, 0.3) is 0 Å². The molecule has 1 aromatic carbocycles. The molecule has 1 heterocycles. The van der Waals surface area contributed by atoms with Crippen molar-refractivity contribution in [3.8, 4) is 5.88 Å². The summed E-state index contributed by atoms with van der Waals surface area (Å²) in [5.74, 6) is 0.611. The molecule has 4 heteroatoms. The minimum absolute atomic E-state index is 0.244. The van der Waals surface area contributed by atoms with Crippen molar-refractivity contribution in [2.75, 3.05) is 0 Å². The van der Waals surface area contributed by atoms with Crippen LogP contribution in [0.4, 0.5) is 0 Å². The summed E-state index contributed by atoms with van der Waals surface area (Å²) >= 11 is 5.87. The highest BCUT2D eigenvalue weighted by molar-refractivity contribution is 6.28. The van der Waals surface area contributed by atoms with Gasteiger partial charge in [0.1, 0.15) is 6.10 Å². The zero-order valence-corrected chi connectivity index (χ0v) is 9.44. The van der Waals surface area contributed by atoms with E-state index in [4.69, 9.17) is 16.3 Å². The van der Waals surface area contributed by atoms with E-state index in [1.165, 1.54) is 6.42 Å².